The van der Waals surface area contributed by atoms with Crippen LogP contribution in [0.15, 0.2) is 18.2 Å². The summed E-state index contributed by atoms with van der Waals surface area (Å²) in [7, 11) is 0. The van der Waals surface area contributed by atoms with E-state index < -0.39 is 0 Å². The zero-order valence-corrected chi connectivity index (χ0v) is 9.49. The summed E-state index contributed by atoms with van der Waals surface area (Å²) < 4.78 is 0. The van der Waals surface area contributed by atoms with Crippen LogP contribution in [0, 0.1) is 6.92 Å². The zero-order chi connectivity index (χ0) is 12.0. The molecule has 0 aliphatic carbocycles. The minimum atomic E-state index is -0.0886. The third-order valence-electron chi connectivity index (χ3n) is 2.28. The highest BCUT2D eigenvalue weighted by Gasteiger charge is 2.05. The Morgan fingerprint density at radius 1 is 1.44 bits per heavy atom. The van der Waals surface area contributed by atoms with Crippen molar-refractivity contribution < 1.29 is 9.90 Å². The molecule has 0 aromatic heterocycles. The van der Waals surface area contributed by atoms with Gasteiger partial charge in [-0.1, -0.05) is 6.07 Å². The van der Waals surface area contributed by atoms with E-state index in [1.165, 1.54) is 0 Å². The molecule has 0 atom stereocenters. The molecule has 1 amide bonds. The van der Waals surface area contributed by atoms with Crippen LogP contribution in [0.5, 0.6) is 5.75 Å². The molecule has 0 radical (unpaired) electrons. The van der Waals surface area contributed by atoms with Crippen LogP contribution in [0.2, 0.25) is 0 Å². The fourth-order valence-electron chi connectivity index (χ4n) is 1.39. The number of unbranched alkanes of at least 4 members (excludes halogenated alkanes) is 1. The predicted molar refractivity (Wildman–Crippen MR) is 64.4 cm³/mol. The Kier molecular flexibility index (Phi) is 4.79. The number of carbonyl (C=O) groups excluding carboxylic acids is 1. The summed E-state index contributed by atoms with van der Waals surface area (Å²) in [5.74, 6) is 0.00660. The smallest absolute Gasteiger partial charge is 0.224 e. The number of nitrogens with two attached hydrogens (primary N) is 1. The molecular formula is C12H18N2O2. The molecule has 0 aliphatic rings. The second-order valence-electron chi connectivity index (χ2n) is 3.81. The molecule has 0 unspecified atom stereocenters. The number of phenols is 1. The number of rotatable bonds is 5. The highest BCUT2D eigenvalue weighted by molar-refractivity contribution is 5.92. The van der Waals surface area contributed by atoms with Gasteiger partial charge in [0.05, 0.1) is 5.69 Å². The maximum atomic E-state index is 11.5. The van der Waals surface area contributed by atoms with E-state index in [1.54, 1.807) is 18.2 Å². The van der Waals surface area contributed by atoms with Gasteiger partial charge in [-0.25, -0.2) is 0 Å². The molecule has 1 aromatic rings. The van der Waals surface area contributed by atoms with E-state index in [4.69, 9.17) is 5.73 Å². The number of hydrogen-bond donors (Lipinski definition) is 3. The fraction of sp³-hybridized carbons (Fsp3) is 0.417. The number of benzene rings is 1. The lowest BCUT2D eigenvalue weighted by molar-refractivity contribution is -0.116. The Balaban J connectivity index is 2.52. The largest absolute Gasteiger partial charge is 0.506 e. The van der Waals surface area contributed by atoms with Gasteiger partial charge in [0.2, 0.25) is 5.91 Å². The predicted octanol–water partition coefficient (Wildman–Crippen LogP) is 1.77. The molecule has 16 heavy (non-hydrogen) atoms. The normalized spacial score (nSPS) is 10.1. The lowest BCUT2D eigenvalue weighted by atomic mass is 10.2. The van der Waals surface area contributed by atoms with E-state index in [0.29, 0.717) is 18.7 Å². The van der Waals surface area contributed by atoms with Crippen LogP contribution in [0.4, 0.5) is 5.69 Å². The maximum absolute atomic E-state index is 11.5. The van der Waals surface area contributed by atoms with Gasteiger partial charge in [0.15, 0.2) is 0 Å². The van der Waals surface area contributed by atoms with Gasteiger partial charge in [-0.3, -0.25) is 4.79 Å². The van der Waals surface area contributed by atoms with Crippen LogP contribution in [-0.2, 0) is 4.79 Å². The molecule has 0 bridgehead atoms. The lowest BCUT2D eigenvalue weighted by Gasteiger charge is -2.07. The van der Waals surface area contributed by atoms with Crippen LogP contribution in [0.3, 0.4) is 0 Å². The highest BCUT2D eigenvalue weighted by Crippen LogP contribution is 2.23. The summed E-state index contributed by atoms with van der Waals surface area (Å²) in [5, 5.41) is 12.2. The van der Waals surface area contributed by atoms with E-state index in [2.05, 4.69) is 5.32 Å². The Morgan fingerprint density at radius 2 is 2.19 bits per heavy atom. The standard InChI is InChI=1S/C12H18N2O2/c1-9-5-6-11(15)10(8-9)14-12(16)4-2-3-7-13/h5-6,8,15H,2-4,7,13H2,1H3,(H,14,16). The monoisotopic (exact) mass is 222 g/mol. The molecule has 0 aliphatic heterocycles. The van der Waals surface area contributed by atoms with Crippen molar-refractivity contribution in [3.8, 4) is 5.75 Å². The molecule has 1 rings (SSSR count). The Hall–Kier alpha value is -1.55. The van der Waals surface area contributed by atoms with Crippen LogP contribution < -0.4 is 11.1 Å². The molecule has 4 nitrogen and oxygen atoms in total. The SMILES string of the molecule is Cc1ccc(O)c(NC(=O)CCCCN)c1. The number of hydrogen-bond acceptors (Lipinski definition) is 3. The molecule has 0 saturated heterocycles. The highest BCUT2D eigenvalue weighted by atomic mass is 16.3. The van der Waals surface area contributed by atoms with Crippen LogP contribution in [-0.4, -0.2) is 17.6 Å². The quantitative estimate of drug-likeness (QED) is 0.525. The van der Waals surface area contributed by atoms with E-state index in [0.717, 1.165) is 18.4 Å². The maximum Gasteiger partial charge on any atom is 0.224 e. The third kappa shape index (κ3) is 3.90. The number of amides is 1. The summed E-state index contributed by atoms with van der Waals surface area (Å²) in [6.45, 7) is 2.51. The first-order valence-corrected chi connectivity index (χ1v) is 5.43. The van der Waals surface area contributed by atoms with E-state index >= 15 is 0 Å². The molecular weight excluding hydrogens is 204 g/mol. The fourth-order valence-corrected chi connectivity index (χ4v) is 1.39. The molecule has 0 saturated carbocycles. The Bertz CT molecular complexity index is 364. The van der Waals surface area contributed by atoms with Gasteiger partial charge in [-0.2, -0.15) is 0 Å². The topological polar surface area (TPSA) is 75.3 Å². The molecule has 0 fully saturated rings. The average Bonchev–Trinajstić information content (AvgIpc) is 2.24. The van der Waals surface area contributed by atoms with Gasteiger partial charge in [-0.05, 0) is 44.0 Å². The second-order valence-corrected chi connectivity index (χ2v) is 3.81. The number of carbonyl (C=O) groups is 1. The summed E-state index contributed by atoms with van der Waals surface area (Å²) in [6.07, 6.45) is 2.05. The van der Waals surface area contributed by atoms with Gasteiger partial charge >= 0.3 is 0 Å². The average molecular weight is 222 g/mol. The minimum Gasteiger partial charge on any atom is -0.506 e. The second kappa shape index (κ2) is 6.12. The van der Waals surface area contributed by atoms with Crippen molar-refractivity contribution in [2.24, 2.45) is 5.73 Å². The van der Waals surface area contributed by atoms with Crippen molar-refractivity contribution in [1.82, 2.24) is 0 Å². The van der Waals surface area contributed by atoms with Crippen molar-refractivity contribution in [3.63, 3.8) is 0 Å². The van der Waals surface area contributed by atoms with Gasteiger partial charge in [0.1, 0.15) is 5.75 Å². The lowest BCUT2D eigenvalue weighted by Crippen LogP contribution is -2.12. The van der Waals surface area contributed by atoms with E-state index in [1.807, 2.05) is 6.92 Å². The molecule has 4 N–H and O–H groups in total. The Labute approximate surface area is 95.5 Å². The number of anilines is 1. The van der Waals surface area contributed by atoms with Gasteiger partial charge in [-0.15, -0.1) is 0 Å². The number of aromatic hydroxyl groups is 1. The summed E-state index contributed by atoms with van der Waals surface area (Å²) >= 11 is 0. The molecule has 0 spiro atoms. The summed E-state index contributed by atoms with van der Waals surface area (Å²) in [6, 6.07) is 5.11. The molecule has 4 heteroatoms. The van der Waals surface area contributed by atoms with E-state index in [9.17, 15) is 9.90 Å². The van der Waals surface area contributed by atoms with Crippen LogP contribution in [0.1, 0.15) is 24.8 Å². The first-order valence-electron chi connectivity index (χ1n) is 5.43. The van der Waals surface area contributed by atoms with Crippen molar-refractivity contribution >= 4 is 11.6 Å². The minimum absolute atomic E-state index is 0.0886. The number of aryl methyl sites for hydroxylation is 1. The number of phenolic OH excluding ortho intramolecular Hbond substituents is 1. The first-order chi connectivity index (χ1) is 7.63. The van der Waals surface area contributed by atoms with Crippen molar-refractivity contribution in [1.29, 1.82) is 0 Å². The van der Waals surface area contributed by atoms with Crippen LogP contribution >= 0.6 is 0 Å². The Morgan fingerprint density at radius 3 is 2.88 bits per heavy atom. The van der Waals surface area contributed by atoms with Gasteiger partial charge in [0.25, 0.3) is 0 Å². The first kappa shape index (κ1) is 12.5. The molecule has 88 valence electrons. The van der Waals surface area contributed by atoms with Gasteiger partial charge < -0.3 is 16.2 Å². The van der Waals surface area contributed by atoms with Crippen LogP contribution in [0.25, 0.3) is 0 Å². The van der Waals surface area contributed by atoms with Crippen molar-refractivity contribution in [3.05, 3.63) is 23.8 Å². The van der Waals surface area contributed by atoms with E-state index in [-0.39, 0.29) is 11.7 Å². The third-order valence-corrected chi connectivity index (χ3v) is 2.28. The summed E-state index contributed by atoms with van der Waals surface area (Å²) in [4.78, 5) is 11.5. The van der Waals surface area contributed by atoms with Crippen molar-refractivity contribution in [2.45, 2.75) is 26.2 Å². The van der Waals surface area contributed by atoms with Crippen molar-refractivity contribution in [2.75, 3.05) is 11.9 Å². The molecule has 0 heterocycles. The zero-order valence-electron chi connectivity index (χ0n) is 9.49. The number of nitrogens with one attached hydrogen (secondary N) is 1. The van der Waals surface area contributed by atoms with Gasteiger partial charge in [0, 0.05) is 6.42 Å². The molecule has 1 aromatic carbocycles. The summed E-state index contributed by atoms with van der Waals surface area (Å²) in [5.41, 5.74) is 6.81.